The number of carbonyl (C=O) groups excluding carboxylic acids is 1. The van der Waals surface area contributed by atoms with E-state index in [1.807, 2.05) is 18.2 Å². The molecule has 9 heteroatoms. The highest BCUT2D eigenvalue weighted by Crippen LogP contribution is 2.55. The van der Waals surface area contributed by atoms with Crippen LogP contribution < -0.4 is 9.47 Å². The highest BCUT2D eigenvalue weighted by molar-refractivity contribution is 6.31. The molecule has 0 aromatic heterocycles. The molecule has 180 valence electrons. The number of hydrogen-bond donors (Lipinski definition) is 0. The Morgan fingerprint density at radius 2 is 2.06 bits per heavy atom. The number of benzene rings is 2. The largest absolute Gasteiger partial charge is 0.493 e. The second kappa shape index (κ2) is 8.20. The summed E-state index contributed by atoms with van der Waals surface area (Å²) in [5.41, 5.74) is 0.616. The van der Waals surface area contributed by atoms with Gasteiger partial charge in [-0.05, 0) is 55.9 Å². The molecule has 1 aliphatic carbocycles. The van der Waals surface area contributed by atoms with Crippen molar-refractivity contribution in [3.63, 3.8) is 0 Å². The van der Waals surface area contributed by atoms with E-state index in [2.05, 4.69) is 18.0 Å². The minimum Gasteiger partial charge on any atom is -0.493 e. The van der Waals surface area contributed by atoms with Crippen LogP contribution in [0.4, 0.5) is 13.2 Å². The van der Waals surface area contributed by atoms with Gasteiger partial charge in [0.25, 0.3) is 0 Å². The molecule has 5 nitrogen and oxygen atoms in total. The van der Waals surface area contributed by atoms with E-state index in [0.717, 1.165) is 37.2 Å². The van der Waals surface area contributed by atoms with Gasteiger partial charge in [0.05, 0.1) is 28.7 Å². The summed E-state index contributed by atoms with van der Waals surface area (Å²) in [5.74, 6) is 0.520. The molecule has 2 aliphatic heterocycles. The molecule has 5 rings (SSSR count). The predicted octanol–water partition coefficient (Wildman–Crippen LogP) is 5.39. The molecule has 0 amide bonds. The lowest BCUT2D eigenvalue weighted by molar-refractivity contribution is -0.137. The number of alkyl halides is 3. The van der Waals surface area contributed by atoms with Gasteiger partial charge < -0.3 is 19.1 Å². The van der Waals surface area contributed by atoms with Gasteiger partial charge in [-0.3, -0.25) is 0 Å². The Morgan fingerprint density at radius 3 is 2.79 bits per heavy atom. The van der Waals surface area contributed by atoms with Gasteiger partial charge in [-0.25, -0.2) is 4.79 Å². The van der Waals surface area contributed by atoms with Gasteiger partial charge in [0, 0.05) is 18.5 Å². The zero-order valence-corrected chi connectivity index (χ0v) is 19.4. The maximum Gasteiger partial charge on any atom is 0.417 e. The van der Waals surface area contributed by atoms with Gasteiger partial charge in [0.1, 0.15) is 12.2 Å². The first-order valence-corrected chi connectivity index (χ1v) is 11.3. The van der Waals surface area contributed by atoms with E-state index in [9.17, 15) is 18.0 Å². The number of carbonyl (C=O) groups is 1. The lowest BCUT2D eigenvalue weighted by Crippen LogP contribution is -2.43. The summed E-state index contributed by atoms with van der Waals surface area (Å²) in [4.78, 5) is 14.9. The number of nitrogens with zero attached hydrogens (tertiary/aromatic N) is 1. The molecular weight excluding hydrogens is 471 g/mol. The van der Waals surface area contributed by atoms with Crippen LogP contribution in [0, 0.1) is 0 Å². The third kappa shape index (κ3) is 3.73. The van der Waals surface area contributed by atoms with Crippen molar-refractivity contribution in [2.75, 3.05) is 20.7 Å². The van der Waals surface area contributed by atoms with Gasteiger partial charge in [0.15, 0.2) is 11.5 Å². The second-order valence-electron chi connectivity index (χ2n) is 9.00. The van der Waals surface area contributed by atoms with E-state index in [0.29, 0.717) is 17.9 Å². The normalized spacial score (nSPS) is 25.7. The van der Waals surface area contributed by atoms with Gasteiger partial charge in [0.2, 0.25) is 0 Å². The van der Waals surface area contributed by atoms with E-state index in [1.54, 1.807) is 7.11 Å². The summed E-state index contributed by atoms with van der Waals surface area (Å²) in [5, 5.41) is -0.469. The molecule has 0 unspecified atom stereocenters. The Labute approximate surface area is 200 Å². The summed E-state index contributed by atoms with van der Waals surface area (Å²) in [7, 11) is 3.67. The molecule has 0 saturated heterocycles. The molecule has 0 N–H and O–H groups in total. The molecule has 1 spiro atoms. The van der Waals surface area contributed by atoms with Crippen LogP contribution in [0.25, 0.3) is 0 Å². The van der Waals surface area contributed by atoms with Crippen LogP contribution in [-0.2, 0) is 22.9 Å². The maximum atomic E-state index is 13.2. The van der Waals surface area contributed by atoms with Crippen molar-refractivity contribution in [2.24, 2.45) is 0 Å². The smallest absolute Gasteiger partial charge is 0.417 e. The molecule has 2 heterocycles. The van der Waals surface area contributed by atoms with Crippen molar-refractivity contribution in [2.45, 2.75) is 43.2 Å². The lowest BCUT2D eigenvalue weighted by Gasteiger charge is -2.36. The van der Waals surface area contributed by atoms with Crippen molar-refractivity contribution in [3.05, 3.63) is 69.8 Å². The van der Waals surface area contributed by atoms with Crippen LogP contribution in [0.1, 0.15) is 39.9 Å². The monoisotopic (exact) mass is 493 g/mol. The van der Waals surface area contributed by atoms with E-state index in [4.69, 9.17) is 25.8 Å². The zero-order chi connectivity index (χ0) is 24.3. The third-order valence-electron chi connectivity index (χ3n) is 6.90. The van der Waals surface area contributed by atoms with Crippen molar-refractivity contribution >= 4 is 17.6 Å². The summed E-state index contributed by atoms with van der Waals surface area (Å²) in [6, 6.07) is 6.97. The molecule has 34 heavy (non-hydrogen) atoms. The number of halogens is 4. The zero-order valence-electron chi connectivity index (χ0n) is 18.6. The number of hydrogen-bond acceptors (Lipinski definition) is 5. The standard InChI is InChI=1S/C25H23ClF3NO4/c1-30-10-9-24-8-7-16(33-23(31)14-3-5-18(26)17(11-14)25(27,28)29)12-20(24)34-22-19(32-2)6-4-15(13-30)21(22)24/h3-8,11,16,20H,9-10,12-13H2,1-2H3/t16-,20-,24-/m0/s1. The lowest BCUT2D eigenvalue weighted by atomic mass is 9.69. The van der Waals surface area contributed by atoms with Gasteiger partial charge >= 0.3 is 12.1 Å². The van der Waals surface area contributed by atoms with Crippen LogP contribution in [0.2, 0.25) is 5.02 Å². The first kappa shape index (κ1) is 23.1. The minimum atomic E-state index is -4.67. The fourth-order valence-electron chi connectivity index (χ4n) is 5.23. The Kier molecular flexibility index (Phi) is 5.56. The van der Waals surface area contributed by atoms with Crippen LogP contribution in [0.15, 0.2) is 42.5 Å². The van der Waals surface area contributed by atoms with E-state index < -0.39 is 28.8 Å². The fraction of sp³-hybridized carbons (Fsp3) is 0.400. The predicted molar refractivity (Wildman–Crippen MR) is 119 cm³/mol. The highest BCUT2D eigenvalue weighted by Gasteiger charge is 2.53. The molecule has 2 aromatic rings. The van der Waals surface area contributed by atoms with Crippen molar-refractivity contribution in [1.82, 2.24) is 4.90 Å². The van der Waals surface area contributed by atoms with E-state index >= 15 is 0 Å². The Hall–Kier alpha value is -2.71. The van der Waals surface area contributed by atoms with Crippen molar-refractivity contribution < 1.29 is 32.2 Å². The van der Waals surface area contributed by atoms with Gasteiger partial charge in [-0.1, -0.05) is 23.7 Å². The van der Waals surface area contributed by atoms with E-state index in [1.165, 1.54) is 11.6 Å². The molecule has 0 fully saturated rings. The first-order chi connectivity index (χ1) is 16.1. The summed E-state index contributed by atoms with van der Waals surface area (Å²) >= 11 is 5.67. The van der Waals surface area contributed by atoms with E-state index in [-0.39, 0.29) is 17.1 Å². The van der Waals surface area contributed by atoms with Gasteiger partial charge in [-0.2, -0.15) is 13.2 Å². The summed E-state index contributed by atoms with van der Waals surface area (Å²) < 4.78 is 57.1. The first-order valence-electron chi connectivity index (χ1n) is 10.9. The molecule has 3 atom stereocenters. The molecule has 0 bridgehead atoms. The average molecular weight is 494 g/mol. The number of rotatable bonds is 3. The third-order valence-corrected chi connectivity index (χ3v) is 7.23. The quantitative estimate of drug-likeness (QED) is 0.424. The van der Waals surface area contributed by atoms with Crippen LogP contribution in [0.3, 0.4) is 0 Å². The summed E-state index contributed by atoms with van der Waals surface area (Å²) in [6.07, 6.45) is -0.538. The highest BCUT2D eigenvalue weighted by atomic mass is 35.5. The topological polar surface area (TPSA) is 48.0 Å². The Bertz CT molecular complexity index is 1180. The molecular formula is C25H23ClF3NO4. The molecule has 2 aromatic carbocycles. The summed E-state index contributed by atoms with van der Waals surface area (Å²) in [6.45, 7) is 1.64. The van der Waals surface area contributed by atoms with Crippen LogP contribution in [-0.4, -0.2) is 43.8 Å². The number of esters is 1. The van der Waals surface area contributed by atoms with Crippen molar-refractivity contribution in [3.8, 4) is 11.5 Å². The molecule has 0 radical (unpaired) electrons. The second-order valence-corrected chi connectivity index (χ2v) is 9.40. The minimum absolute atomic E-state index is 0.207. The SMILES string of the molecule is COc1ccc2c3c1O[C@H]1C[C@@H](OC(=O)c4ccc(Cl)c(C(F)(F)F)c4)C=C[C@@]31CCN(C)C2. The Balaban J connectivity index is 1.43. The van der Waals surface area contributed by atoms with Crippen LogP contribution in [0.5, 0.6) is 11.5 Å². The van der Waals surface area contributed by atoms with Crippen molar-refractivity contribution in [1.29, 1.82) is 0 Å². The number of ether oxygens (including phenoxy) is 3. The average Bonchev–Trinajstić information content (AvgIpc) is 3.04. The molecule has 0 saturated carbocycles. The number of methoxy groups -OCH3 is 1. The fourth-order valence-corrected chi connectivity index (χ4v) is 5.45. The maximum absolute atomic E-state index is 13.2. The van der Waals surface area contributed by atoms with Gasteiger partial charge in [-0.15, -0.1) is 0 Å². The molecule has 3 aliphatic rings. The van der Waals surface area contributed by atoms with Crippen LogP contribution >= 0.6 is 11.6 Å². The Morgan fingerprint density at radius 1 is 1.26 bits per heavy atom.